The smallest absolute Gasteiger partial charge is 0.178 e. The first-order valence-electron chi connectivity index (χ1n) is 10.9. The minimum atomic E-state index is -0.423. The first-order chi connectivity index (χ1) is 14.9. The van der Waals surface area contributed by atoms with Crippen LogP contribution in [0.2, 0.25) is 0 Å². The van der Waals surface area contributed by atoms with E-state index in [0.717, 1.165) is 17.5 Å². The molecule has 2 aromatic rings. The van der Waals surface area contributed by atoms with Crippen molar-refractivity contribution < 1.29 is 23.7 Å². The Labute approximate surface area is 184 Å². The van der Waals surface area contributed by atoms with E-state index in [1.807, 2.05) is 26.0 Å². The van der Waals surface area contributed by atoms with Gasteiger partial charge in [0, 0.05) is 17.2 Å². The molecule has 0 saturated carbocycles. The molecule has 2 atom stereocenters. The molecule has 0 unspecified atom stereocenters. The third kappa shape index (κ3) is 3.46. The van der Waals surface area contributed by atoms with Crippen LogP contribution in [-0.4, -0.2) is 32.7 Å². The number of methoxy groups -OCH3 is 2. The predicted octanol–water partition coefficient (Wildman–Crippen LogP) is 5.45. The molecule has 2 heterocycles. The molecule has 0 radical (unpaired) electrons. The number of fused-ring (bicyclic) bond motifs is 6. The van der Waals surface area contributed by atoms with E-state index in [-0.39, 0.29) is 17.3 Å². The second-order valence-corrected chi connectivity index (χ2v) is 8.57. The Morgan fingerprint density at radius 2 is 1.77 bits per heavy atom. The summed E-state index contributed by atoms with van der Waals surface area (Å²) in [5.74, 6) is 2.12. The summed E-state index contributed by atoms with van der Waals surface area (Å²) in [7, 11) is 3.17. The van der Waals surface area contributed by atoms with E-state index in [2.05, 4.69) is 32.1 Å². The topological polar surface area (TPSA) is 54.0 Å². The van der Waals surface area contributed by atoms with Crippen molar-refractivity contribution in [3.05, 3.63) is 52.6 Å². The third-order valence-corrected chi connectivity index (χ3v) is 6.08. The number of carbonyl (C=O) groups is 1. The van der Waals surface area contributed by atoms with Gasteiger partial charge in [0.2, 0.25) is 0 Å². The lowest BCUT2D eigenvalue weighted by molar-refractivity contribution is 0.0557. The summed E-state index contributed by atoms with van der Waals surface area (Å²) in [5, 5.41) is 0. The van der Waals surface area contributed by atoms with Crippen molar-refractivity contribution in [1.82, 2.24) is 0 Å². The van der Waals surface area contributed by atoms with E-state index >= 15 is 0 Å². The molecule has 3 aliphatic rings. The molecule has 0 saturated heterocycles. The van der Waals surface area contributed by atoms with E-state index in [0.29, 0.717) is 35.2 Å². The number of allylic oxidation sites excluding steroid dienone is 1. The van der Waals surface area contributed by atoms with Gasteiger partial charge in [0.05, 0.1) is 25.7 Å². The van der Waals surface area contributed by atoms with Gasteiger partial charge in [-0.3, -0.25) is 4.79 Å². The zero-order valence-corrected chi connectivity index (χ0v) is 19.1. The number of benzene rings is 2. The van der Waals surface area contributed by atoms with Crippen molar-refractivity contribution >= 4 is 11.9 Å². The van der Waals surface area contributed by atoms with Gasteiger partial charge in [-0.25, -0.2) is 0 Å². The molecule has 31 heavy (non-hydrogen) atoms. The van der Waals surface area contributed by atoms with Crippen LogP contribution in [0.15, 0.2) is 30.3 Å². The Morgan fingerprint density at radius 3 is 2.48 bits per heavy atom. The minimum Gasteiger partial charge on any atom is -0.493 e. The monoisotopic (exact) mass is 422 g/mol. The average molecular weight is 423 g/mol. The molecule has 2 aliphatic heterocycles. The summed E-state index contributed by atoms with van der Waals surface area (Å²) in [6.45, 7) is 8.74. The SMILES string of the molecule is CC.COc1cc2c(cc1OC)[C@@H]1C(=O)c3ccc4c(c3O[C@@H]1CO2)C=CC(C)(C)C4. The fourth-order valence-electron chi connectivity index (χ4n) is 4.60. The molecule has 0 fully saturated rings. The first-order valence-corrected chi connectivity index (χ1v) is 10.9. The minimum absolute atomic E-state index is 0.0639. The molecular formula is C26H30O5. The summed E-state index contributed by atoms with van der Waals surface area (Å²) in [4.78, 5) is 13.5. The highest BCUT2D eigenvalue weighted by molar-refractivity contribution is 6.06. The Balaban J connectivity index is 0.00000112. The summed E-state index contributed by atoms with van der Waals surface area (Å²) in [6.07, 6.45) is 4.85. The van der Waals surface area contributed by atoms with Crippen molar-refractivity contribution in [3.8, 4) is 23.0 Å². The second kappa shape index (κ2) is 7.95. The van der Waals surface area contributed by atoms with Crippen LogP contribution in [0.3, 0.4) is 0 Å². The summed E-state index contributed by atoms with van der Waals surface area (Å²) < 4.78 is 23.1. The fraction of sp³-hybridized carbons (Fsp3) is 0.423. The number of ether oxygens (including phenoxy) is 4. The lowest BCUT2D eigenvalue weighted by atomic mass is 9.76. The maximum Gasteiger partial charge on any atom is 0.178 e. The van der Waals surface area contributed by atoms with Gasteiger partial charge in [0.25, 0.3) is 0 Å². The van der Waals surface area contributed by atoms with Gasteiger partial charge in [-0.05, 0) is 29.5 Å². The van der Waals surface area contributed by atoms with Crippen molar-refractivity contribution in [1.29, 1.82) is 0 Å². The standard InChI is InChI=1S/C24H24O5.C2H6/c1-24(2)8-7-14-13(11-24)5-6-15-22(25)21-16-9-18(26-3)19(27-4)10-17(16)28-12-20(21)29-23(14)15;1-2/h5-10,20-21H,11-12H2,1-4H3;1-2H3/t20-,21+;/m1./s1. The first kappa shape index (κ1) is 21.3. The van der Waals surface area contributed by atoms with E-state index in [9.17, 15) is 4.79 Å². The molecule has 5 rings (SSSR count). The number of ketones is 1. The number of hydrogen-bond acceptors (Lipinski definition) is 5. The highest BCUT2D eigenvalue weighted by Crippen LogP contribution is 2.48. The molecule has 5 heteroatoms. The largest absolute Gasteiger partial charge is 0.493 e. The van der Waals surface area contributed by atoms with Crippen LogP contribution >= 0.6 is 0 Å². The van der Waals surface area contributed by atoms with E-state index in [1.165, 1.54) is 5.56 Å². The molecule has 164 valence electrons. The van der Waals surface area contributed by atoms with Crippen LogP contribution in [0.1, 0.15) is 60.7 Å². The molecule has 1 aliphatic carbocycles. The van der Waals surface area contributed by atoms with Crippen LogP contribution < -0.4 is 18.9 Å². The quantitative estimate of drug-likeness (QED) is 0.645. The van der Waals surface area contributed by atoms with Crippen molar-refractivity contribution in [3.63, 3.8) is 0 Å². The highest BCUT2D eigenvalue weighted by Gasteiger charge is 2.44. The molecular weight excluding hydrogens is 392 g/mol. The van der Waals surface area contributed by atoms with Crippen LogP contribution in [0.25, 0.3) is 6.08 Å². The maximum atomic E-state index is 13.5. The van der Waals surface area contributed by atoms with Crippen molar-refractivity contribution in [2.75, 3.05) is 20.8 Å². The number of carbonyl (C=O) groups excluding carboxylic acids is 1. The number of hydrogen-bond donors (Lipinski definition) is 0. The average Bonchev–Trinajstić information content (AvgIpc) is 2.78. The van der Waals surface area contributed by atoms with Gasteiger partial charge in [0.1, 0.15) is 24.2 Å². The Morgan fingerprint density at radius 1 is 1.06 bits per heavy atom. The van der Waals surface area contributed by atoms with Gasteiger partial charge < -0.3 is 18.9 Å². The van der Waals surface area contributed by atoms with E-state index in [4.69, 9.17) is 18.9 Å². The predicted molar refractivity (Wildman–Crippen MR) is 121 cm³/mol. The number of rotatable bonds is 2. The Kier molecular flexibility index (Phi) is 5.46. The second-order valence-electron chi connectivity index (χ2n) is 8.57. The fourth-order valence-corrected chi connectivity index (χ4v) is 4.60. The molecule has 2 aromatic carbocycles. The Bertz CT molecular complexity index is 1050. The van der Waals surface area contributed by atoms with Crippen LogP contribution in [0, 0.1) is 5.41 Å². The highest BCUT2D eigenvalue weighted by atomic mass is 16.5. The van der Waals surface area contributed by atoms with E-state index < -0.39 is 5.92 Å². The van der Waals surface area contributed by atoms with Gasteiger partial charge in [0.15, 0.2) is 17.3 Å². The normalized spacial score (nSPS) is 21.7. The van der Waals surface area contributed by atoms with Gasteiger partial charge >= 0.3 is 0 Å². The molecule has 0 N–H and O–H groups in total. The van der Waals surface area contributed by atoms with Crippen molar-refractivity contribution in [2.24, 2.45) is 5.41 Å². The van der Waals surface area contributed by atoms with Gasteiger partial charge in [-0.2, -0.15) is 0 Å². The van der Waals surface area contributed by atoms with Gasteiger partial charge in [-0.15, -0.1) is 0 Å². The van der Waals surface area contributed by atoms with Crippen LogP contribution in [-0.2, 0) is 6.42 Å². The zero-order chi connectivity index (χ0) is 22.3. The summed E-state index contributed by atoms with van der Waals surface area (Å²) >= 11 is 0. The van der Waals surface area contributed by atoms with E-state index in [1.54, 1.807) is 20.3 Å². The zero-order valence-electron chi connectivity index (χ0n) is 19.1. The molecule has 0 aromatic heterocycles. The number of Topliss-reactive ketones (excluding diaryl/α,β-unsaturated/α-hetero) is 1. The lowest BCUT2D eigenvalue weighted by Gasteiger charge is -2.38. The molecule has 0 amide bonds. The van der Waals surface area contributed by atoms with Crippen molar-refractivity contribution in [2.45, 2.75) is 46.1 Å². The Hall–Kier alpha value is -2.95. The third-order valence-electron chi connectivity index (χ3n) is 6.08. The summed E-state index contributed by atoms with van der Waals surface area (Å²) in [6, 6.07) is 7.59. The lowest BCUT2D eigenvalue weighted by Crippen LogP contribution is -2.43. The van der Waals surface area contributed by atoms with Crippen LogP contribution in [0.5, 0.6) is 23.0 Å². The molecule has 5 nitrogen and oxygen atoms in total. The maximum absolute atomic E-state index is 13.5. The summed E-state index contributed by atoms with van der Waals surface area (Å²) in [5.41, 5.74) is 3.75. The molecule has 0 bridgehead atoms. The van der Waals surface area contributed by atoms with Crippen LogP contribution in [0.4, 0.5) is 0 Å². The van der Waals surface area contributed by atoms with Gasteiger partial charge in [-0.1, -0.05) is 45.9 Å². The molecule has 0 spiro atoms.